The number of amides is 2. The summed E-state index contributed by atoms with van der Waals surface area (Å²) in [6.07, 6.45) is 0. The van der Waals surface area contributed by atoms with E-state index in [0.717, 1.165) is 17.2 Å². The standard InChI is InChI=1S/C17H16ClFN2O2/c1-10-3-4-12(7-11(10)2)17(23)20-9-16(22)21-13-5-6-15(19)14(18)8-13/h3-8H,9H2,1-2H3,(H,20,23)(H,21,22). The number of aryl methyl sites for hydroxylation is 2. The molecule has 2 N–H and O–H groups in total. The van der Waals surface area contributed by atoms with Gasteiger partial charge in [0.15, 0.2) is 0 Å². The van der Waals surface area contributed by atoms with Crippen molar-refractivity contribution in [3.05, 3.63) is 63.9 Å². The van der Waals surface area contributed by atoms with Crippen molar-refractivity contribution in [3.8, 4) is 0 Å². The predicted octanol–water partition coefficient (Wildman–Crippen LogP) is 3.46. The molecular weight excluding hydrogens is 319 g/mol. The van der Waals surface area contributed by atoms with E-state index in [1.165, 1.54) is 12.1 Å². The summed E-state index contributed by atoms with van der Waals surface area (Å²) >= 11 is 5.64. The first-order valence-corrected chi connectivity index (χ1v) is 7.35. The van der Waals surface area contributed by atoms with Gasteiger partial charge >= 0.3 is 0 Å². The first kappa shape index (κ1) is 17.0. The average molecular weight is 335 g/mol. The second-order valence-electron chi connectivity index (χ2n) is 5.16. The van der Waals surface area contributed by atoms with E-state index in [9.17, 15) is 14.0 Å². The van der Waals surface area contributed by atoms with Gasteiger partial charge in [-0.2, -0.15) is 0 Å². The third-order valence-corrected chi connectivity index (χ3v) is 3.67. The second kappa shape index (κ2) is 7.24. The molecule has 0 aliphatic carbocycles. The van der Waals surface area contributed by atoms with Crippen LogP contribution >= 0.6 is 11.6 Å². The Labute approximate surface area is 138 Å². The third kappa shape index (κ3) is 4.53. The Morgan fingerprint density at radius 2 is 1.83 bits per heavy atom. The summed E-state index contributed by atoms with van der Waals surface area (Å²) in [5, 5.41) is 4.98. The lowest BCUT2D eigenvalue weighted by Crippen LogP contribution is -2.32. The molecule has 0 unspecified atom stereocenters. The molecule has 4 nitrogen and oxygen atoms in total. The van der Waals surface area contributed by atoms with Crippen molar-refractivity contribution >= 4 is 29.1 Å². The highest BCUT2D eigenvalue weighted by Gasteiger charge is 2.10. The normalized spacial score (nSPS) is 10.3. The molecule has 0 fully saturated rings. The smallest absolute Gasteiger partial charge is 0.251 e. The second-order valence-corrected chi connectivity index (χ2v) is 5.57. The fourth-order valence-corrected chi connectivity index (χ4v) is 2.10. The molecule has 0 aliphatic heterocycles. The van der Waals surface area contributed by atoms with Crippen LogP contribution in [0.5, 0.6) is 0 Å². The monoisotopic (exact) mass is 334 g/mol. The predicted molar refractivity (Wildman–Crippen MR) is 88.3 cm³/mol. The van der Waals surface area contributed by atoms with Gasteiger partial charge in [0.05, 0.1) is 11.6 Å². The maximum absolute atomic E-state index is 13.0. The van der Waals surface area contributed by atoms with E-state index >= 15 is 0 Å². The van der Waals surface area contributed by atoms with Crippen LogP contribution in [0, 0.1) is 19.7 Å². The molecule has 2 aromatic carbocycles. The van der Waals surface area contributed by atoms with Crippen LogP contribution in [0.3, 0.4) is 0 Å². The van der Waals surface area contributed by atoms with E-state index in [1.807, 2.05) is 19.9 Å². The molecule has 0 bridgehead atoms. The highest BCUT2D eigenvalue weighted by atomic mass is 35.5. The average Bonchev–Trinajstić information content (AvgIpc) is 2.51. The van der Waals surface area contributed by atoms with Gasteiger partial charge in [-0.15, -0.1) is 0 Å². The first-order chi connectivity index (χ1) is 10.9. The fourth-order valence-electron chi connectivity index (χ4n) is 1.92. The van der Waals surface area contributed by atoms with Crippen molar-refractivity contribution in [1.29, 1.82) is 0 Å². The summed E-state index contributed by atoms with van der Waals surface area (Å²) in [5.74, 6) is -1.32. The number of rotatable bonds is 4. The number of hydrogen-bond donors (Lipinski definition) is 2. The van der Waals surface area contributed by atoms with Crippen LogP contribution in [0.4, 0.5) is 10.1 Å². The maximum Gasteiger partial charge on any atom is 0.251 e. The largest absolute Gasteiger partial charge is 0.343 e. The molecule has 0 aliphatic rings. The highest BCUT2D eigenvalue weighted by Crippen LogP contribution is 2.19. The summed E-state index contributed by atoms with van der Waals surface area (Å²) in [5.41, 5.74) is 2.95. The molecule has 23 heavy (non-hydrogen) atoms. The van der Waals surface area contributed by atoms with Gasteiger partial charge < -0.3 is 10.6 Å². The first-order valence-electron chi connectivity index (χ1n) is 6.97. The lowest BCUT2D eigenvalue weighted by atomic mass is 10.1. The number of carbonyl (C=O) groups is 2. The minimum Gasteiger partial charge on any atom is -0.343 e. The number of carbonyl (C=O) groups excluding carboxylic acids is 2. The zero-order valence-electron chi connectivity index (χ0n) is 12.7. The number of anilines is 1. The van der Waals surface area contributed by atoms with E-state index in [1.54, 1.807) is 12.1 Å². The summed E-state index contributed by atoms with van der Waals surface area (Å²) in [4.78, 5) is 23.8. The van der Waals surface area contributed by atoms with E-state index in [0.29, 0.717) is 11.3 Å². The van der Waals surface area contributed by atoms with Gasteiger partial charge in [-0.3, -0.25) is 9.59 Å². The Bertz CT molecular complexity index is 762. The van der Waals surface area contributed by atoms with E-state index in [4.69, 9.17) is 11.6 Å². The molecule has 120 valence electrons. The summed E-state index contributed by atoms with van der Waals surface area (Å²) in [6.45, 7) is 3.68. The molecule has 0 spiro atoms. The van der Waals surface area contributed by atoms with Crippen molar-refractivity contribution in [3.63, 3.8) is 0 Å². The van der Waals surface area contributed by atoms with E-state index < -0.39 is 11.7 Å². The SMILES string of the molecule is Cc1ccc(C(=O)NCC(=O)Nc2ccc(F)c(Cl)c2)cc1C. The van der Waals surface area contributed by atoms with Crippen molar-refractivity contribution in [2.75, 3.05) is 11.9 Å². The van der Waals surface area contributed by atoms with Gasteiger partial charge in [0, 0.05) is 11.3 Å². The van der Waals surface area contributed by atoms with Crippen LogP contribution in [-0.2, 0) is 4.79 Å². The van der Waals surface area contributed by atoms with Gasteiger partial charge in [0.25, 0.3) is 5.91 Å². The van der Waals surface area contributed by atoms with Crippen LogP contribution in [-0.4, -0.2) is 18.4 Å². The molecule has 0 atom stereocenters. The van der Waals surface area contributed by atoms with Crippen molar-refractivity contribution in [2.24, 2.45) is 0 Å². The van der Waals surface area contributed by atoms with Crippen molar-refractivity contribution < 1.29 is 14.0 Å². The minimum atomic E-state index is -0.562. The molecule has 2 aromatic rings. The minimum absolute atomic E-state index is 0.0815. The molecule has 0 saturated carbocycles. The van der Waals surface area contributed by atoms with Crippen LogP contribution in [0.2, 0.25) is 5.02 Å². The van der Waals surface area contributed by atoms with Crippen LogP contribution in [0.15, 0.2) is 36.4 Å². The number of benzene rings is 2. The maximum atomic E-state index is 13.0. The Balaban J connectivity index is 1.91. The zero-order valence-corrected chi connectivity index (χ0v) is 13.5. The van der Waals surface area contributed by atoms with Gasteiger partial charge in [0.1, 0.15) is 5.82 Å². The molecule has 2 rings (SSSR count). The Kier molecular flexibility index (Phi) is 5.34. The highest BCUT2D eigenvalue weighted by molar-refractivity contribution is 6.31. The summed E-state index contributed by atoms with van der Waals surface area (Å²) in [7, 11) is 0. The molecule has 0 radical (unpaired) electrons. The van der Waals surface area contributed by atoms with Crippen molar-refractivity contribution in [1.82, 2.24) is 5.32 Å². The molecule has 0 heterocycles. The van der Waals surface area contributed by atoms with Gasteiger partial charge in [0.2, 0.25) is 5.91 Å². The van der Waals surface area contributed by atoms with Gasteiger partial charge in [-0.25, -0.2) is 4.39 Å². The third-order valence-electron chi connectivity index (χ3n) is 3.38. The number of hydrogen-bond acceptors (Lipinski definition) is 2. The van der Waals surface area contributed by atoms with Crippen LogP contribution in [0.1, 0.15) is 21.5 Å². The molecule has 0 saturated heterocycles. The summed E-state index contributed by atoms with van der Waals surface area (Å²) < 4.78 is 13.0. The molecule has 2 amide bonds. The van der Waals surface area contributed by atoms with Crippen LogP contribution in [0.25, 0.3) is 0 Å². The zero-order chi connectivity index (χ0) is 17.0. The summed E-state index contributed by atoms with van der Waals surface area (Å²) in [6, 6.07) is 9.18. The number of nitrogens with one attached hydrogen (secondary N) is 2. The van der Waals surface area contributed by atoms with Gasteiger partial charge in [-0.05, 0) is 55.3 Å². The van der Waals surface area contributed by atoms with Crippen LogP contribution < -0.4 is 10.6 Å². The Morgan fingerprint density at radius 1 is 1.09 bits per heavy atom. The fraction of sp³-hybridized carbons (Fsp3) is 0.176. The lowest BCUT2D eigenvalue weighted by Gasteiger charge is -2.08. The molecule has 6 heteroatoms. The quantitative estimate of drug-likeness (QED) is 0.899. The van der Waals surface area contributed by atoms with E-state index in [-0.39, 0.29) is 17.5 Å². The van der Waals surface area contributed by atoms with Gasteiger partial charge in [-0.1, -0.05) is 17.7 Å². The molecular formula is C17H16ClFN2O2. The van der Waals surface area contributed by atoms with Crippen molar-refractivity contribution in [2.45, 2.75) is 13.8 Å². The number of halogens is 2. The topological polar surface area (TPSA) is 58.2 Å². The lowest BCUT2D eigenvalue weighted by molar-refractivity contribution is -0.115. The molecule has 0 aromatic heterocycles. The van der Waals surface area contributed by atoms with E-state index in [2.05, 4.69) is 10.6 Å². The Morgan fingerprint density at radius 3 is 2.48 bits per heavy atom. The Hall–Kier alpha value is -2.40.